The third kappa shape index (κ3) is 1.88. The molecule has 1 aliphatic carbocycles. The fraction of sp³-hybridized carbons (Fsp3) is 0.750. The number of carbonyl (C=O) groups is 1. The smallest absolute Gasteiger partial charge is 0.326 e. The molecule has 2 fully saturated rings. The molecule has 18 heavy (non-hydrogen) atoms. The highest BCUT2D eigenvalue weighted by Gasteiger charge is 2.46. The van der Waals surface area contributed by atoms with E-state index in [4.69, 9.17) is 0 Å². The Hall–Kier alpha value is -1.17. The zero-order chi connectivity index (χ0) is 12.7. The van der Waals surface area contributed by atoms with Crippen LogP contribution in [-0.4, -0.2) is 32.5 Å². The molecule has 1 aliphatic heterocycles. The Bertz CT molecular complexity index is 462. The topological polar surface area (TPSA) is 66.3 Å². The Kier molecular flexibility index (Phi) is 2.97. The molecule has 0 amide bonds. The first-order chi connectivity index (χ1) is 8.66. The molecule has 3 rings (SSSR count). The first kappa shape index (κ1) is 11.9. The second-order valence-electron chi connectivity index (χ2n) is 5.23. The summed E-state index contributed by atoms with van der Waals surface area (Å²) in [6.45, 7) is 1.85. The van der Waals surface area contributed by atoms with E-state index < -0.39 is 12.0 Å². The van der Waals surface area contributed by atoms with Crippen LogP contribution in [0.25, 0.3) is 0 Å². The molecule has 2 aliphatic rings. The van der Waals surface area contributed by atoms with E-state index in [1.54, 1.807) is 0 Å². The van der Waals surface area contributed by atoms with Gasteiger partial charge in [0.15, 0.2) is 0 Å². The van der Waals surface area contributed by atoms with Gasteiger partial charge in [-0.05, 0) is 32.1 Å². The van der Waals surface area contributed by atoms with Gasteiger partial charge in [0.2, 0.25) is 5.13 Å². The van der Waals surface area contributed by atoms with Crippen molar-refractivity contribution < 1.29 is 9.90 Å². The Labute approximate surface area is 110 Å². The van der Waals surface area contributed by atoms with Crippen molar-refractivity contribution in [3.05, 3.63) is 5.82 Å². The molecule has 1 saturated carbocycles. The summed E-state index contributed by atoms with van der Waals surface area (Å²) < 4.78 is 4.19. The van der Waals surface area contributed by atoms with Crippen LogP contribution in [0.4, 0.5) is 5.13 Å². The van der Waals surface area contributed by atoms with Crippen molar-refractivity contribution in [3.63, 3.8) is 0 Å². The molecule has 0 aromatic carbocycles. The van der Waals surface area contributed by atoms with E-state index in [1.807, 2.05) is 11.8 Å². The number of rotatable bonds is 2. The fourth-order valence-electron chi connectivity index (χ4n) is 3.35. The van der Waals surface area contributed by atoms with Crippen molar-refractivity contribution in [1.82, 2.24) is 9.36 Å². The van der Waals surface area contributed by atoms with Crippen LogP contribution in [0, 0.1) is 12.8 Å². The molecule has 3 atom stereocenters. The van der Waals surface area contributed by atoms with Gasteiger partial charge in [0.05, 0.1) is 0 Å². The predicted molar refractivity (Wildman–Crippen MR) is 68.9 cm³/mol. The van der Waals surface area contributed by atoms with E-state index in [0.29, 0.717) is 12.0 Å². The summed E-state index contributed by atoms with van der Waals surface area (Å²) >= 11 is 1.33. The molecule has 2 heterocycles. The van der Waals surface area contributed by atoms with E-state index in [0.717, 1.165) is 30.2 Å². The molecule has 1 aromatic heterocycles. The number of nitrogens with zero attached hydrogens (tertiary/aromatic N) is 3. The number of carboxylic acid groups (broad SMARTS) is 1. The second-order valence-corrected chi connectivity index (χ2v) is 5.96. The van der Waals surface area contributed by atoms with E-state index in [1.165, 1.54) is 24.4 Å². The van der Waals surface area contributed by atoms with E-state index in [2.05, 4.69) is 9.36 Å². The quantitative estimate of drug-likeness (QED) is 0.888. The Morgan fingerprint density at radius 2 is 2.22 bits per heavy atom. The Morgan fingerprint density at radius 1 is 1.44 bits per heavy atom. The normalized spacial score (nSPS) is 31.4. The molecule has 1 saturated heterocycles. The van der Waals surface area contributed by atoms with E-state index in [-0.39, 0.29) is 0 Å². The molecule has 0 spiro atoms. The van der Waals surface area contributed by atoms with Crippen LogP contribution in [0.2, 0.25) is 0 Å². The molecule has 5 nitrogen and oxygen atoms in total. The minimum Gasteiger partial charge on any atom is -0.480 e. The van der Waals surface area contributed by atoms with Crippen molar-refractivity contribution in [3.8, 4) is 0 Å². The number of hydrogen-bond donors (Lipinski definition) is 1. The lowest BCUT2D eigenvalue weighted by Crippen LogP contribution is -2.42. The van der Waals surface area contributed by atoms with Crippen LogP contribution in [0.3, 0.4) is 0 Å². The first-order valence-electron chi connectivity index (χ1n) is 6.48. The molecule has 6 heteroatoms. The highest BCUT2D eigenvalue weighted by atomic mass is 32.1. The lowest BCUT2D eigenvalue weighted by Gasteiger charge is -2.32. The molecule has 1 aromatic rings. The summed E-state index contributed by atoms with van der Waals surface area (Å²) in [7, 11) is 0. The number of aromatic nitrogens is 2. The summed E-state index contributed by atoms with van der Waals surface area (Å²) in [4.78, 5) is 17.9. The van der Waals surface area contributed by atoms with Crippen molar-refractivity contribution in [2.45, 2.75) is 51.1 Å². The van der Waals surface area contributed by atoms with Gasteiger partial charge >= 0.3 is 5.97 Å². The number of aliphatic carboxylic acids is 1. The molecular weight excluding hydrogens is 250 g/mol. The van der Waals surface area contributed by atoms with Crippen LogP contribution < -0.4 is 4.90 Å². The molecule has 3 unspecified atom stereocenters. The summed E-state index contributed by atoms with van der Waals surface area (Å²) in [6.07, 6.45) is 5.44. The van der Waals surface area contributed by atoms with Crippen LogP contribution in [-0.2, 0) is 4.79 Å². The van der Waals surface area contributed by atoms with Crippen molar-refractivity contribution >= 4 is 22.6 Å². The maximum Gasteiger partial charge on any atom is 0.326 e. The van der Waals surface area contributed by atoms with Crippen molar-refractivity contribution in [1.29, 1.82) is 0 Å². The zero-order valence-electron chi connectivity index (χ0n) is 10.4. The Balaban J connectivity index is 1.94. The second kappa shape index (κ2) is 4.50. The third-order valence-corrected chi connectivity index (χ3v) is 4.93. The average Bonchev–Trinajstić information content (AvgIpc) is 2.92. The third-order valence-electron chi connectivity index (χ3n) is 4.11. The summed E-state index contributed by atoms with van der Waals surface area (Å²) in [6, 6.07) is -0.0577. The van der Waals surface area contributed by atoms with Gasteiger partial charge in [0, 0.05) is 17.6 Å². The van der Waals surface area contributed by atoms with Gasteiger partial charge in [-0.3, -0.25) is 0 Å². The highest BCUT2D eigenvalue weighted by molar-refractivity contribution is 7.09. The van der Waals surface area contributed by atoms with Crippen LogP contribution in [0.1, 0.15) is 37.9 Å². The maximum absolute atomic E-state index is 11.5. The number of aryl methyl sites for hydroxylation is 1. The summed E-state index contributed by atoms with van der Waals surface area (Å²) in [5.41, 5.74) is 0. The molecule has 98 valence electrons. The van der Waals surface area contributed by atoms with Gasteiger partial charge in [0.1, 0.15) is 11.9 Å². The van der Waals surface area contributed by atoms with Gasteiger partial charge in [0.25, 0.3) is 0 Å². The minimum atomic E-state index is -0.725. The molecule has 1 N–H and O–H groups in total. The highest BCUT2D eigenvalue weighted by Crippen LogP contribution is 2.42. The van der Waals surface area contributed by atoms with E-state index >= 15 is 0 Å². The largest absolute Gasteiger partial charge is 0.480 e. The molecular formula is C12H17N3O2S. The lowest BCUT2D eigenvalue weighted by molar-refractivity contribution is -0.138. The lowest BCUT2D eigenvalue weighted by atomic mass is 9.85. The molecule has 0 bridgehead atoms. The zero-order valence-corrected chi connectivity index (χ0v) is 11.2. The van der Waals surface area contributed by atoms with Gasteiger partial charge in [-0.1, -0.05) is 12.8 Å². The first-order valence-corrected chi connectivity index (χ1v) is 7.25. The molecule has 0 radical (unpaired) electrons. The minimum absolute atomic E-state index is 0.354. The summed E-state index contributed by atoms with van der Waals surface area (Å²) in [5, 5.41) is 10.2. The van der Waals surface area contributed by atoms with Crippen LogP contribution in [0.5, 0.6) is 0 Å². The number of anilines is 1. The number of fused-ring (bicyclic) bond motifs is 1. The van der Waals surface area contributed by atoms with Crippen LogP contribution in [0.15, 0.2) is 0 Å². The van der Waals surface area contributed by atoms with E-state index in [9.17, 15) is 9.90 Å². The maximum atomic E-state index is 11.5. The Morgan fingerprint density at radius 3 is 2.89 bits per heavy atom. The number of hydrogen-bond acceptors (Lipinski definition) is 5. The van der Waals surface area contributed by atoms with Gasteiger partial charge in [-0.2, -0.15) is 4.37 Å². The number of carboxylic acids is 1. The SMILES string of the molecule is Cc1nsc(N2C(C(=O)O)CC3CCCCC32)n1. The average molecular weight is 267 g/mol. The van der Waals surface area contributed by atoms with Gasteiger partial charge in [-0.25, -0.2) is 9.78 Å². The monoisotopic (exact) mass is 267 g/mol. The fourth-order valence-corrected chi connectivity index (χ4v) is 4.13. The predicted octanol–water partition coefficient (Wildman–Crippen LogP) is 2.07. The summed E-state index contributed by atoms with van der Waals surface area (Å²) in [5.74, 6) is 0.528. The van der Waals surface area contributed by atoms with Crippen molar-refractivity contribution in [2.75, 3.05) is 4.90 Å². The standard InChI is InChI=1S/C12H17N3O2S/c1-7-13-12(18-14-7)15-9-5-3-2-4-8(9)6-10(15)11(16)17/h8-10H,2-6H2,1H3,(H,16,17). The van der Waals surface area contributed by atoms with Crippen molar-refractivity contribution in [2.24, 2.45) is 5.92 Å². The van der Waals surface area contributed by atoms with Crippen LogP contribution >= 0.6 is 11.5 Å². The van der Waals surface area contributed by atoms with Gasteiger partial charge < -0.3 is 10.0 Å². The van der Waals surface area contributed by atoms with Gasteiger partial charge in [-0.15, -0.1) is 0 Å².